The van der Waals surface area contributed by atoms with Crippen LogP contribution in [0.15, 0.2) is 48.7 Å². The first-order valence-electron chi connectivity index (χ1n) is 10.2. The van der Waals surface area contributed by atoms with Crippen molar-refractivity contribution in [1.29, 1.82) is 0 Å². The second kappa shape index (κ2) is 8.84. The minimum absolute atomic E-state index is 0.0187. The molecule has 156 valence electrons. The van der Waals surface area contributed by atoms with Crippen LogP contribution in [-0.4, -0.2) is 42.1 Å². The number of aromatic nitrogens is 1. The van der Waals surface area contributed by atoms with Gasteiger partial charge in [0.25, 0.3) is 5.91 Å². The van der Waals surface area contributed by atoms with Gasteiger partial charge in [-0.05, 0) is 56.2 Å². The van der Waals surface area contributed by atoms with E-state index in [1.807, 2.05) is 49.2 Å². The summed E-state index contributed by atoms with van der Waals surface area (Å²) >= 11 is 6.18. The number of ether oxygens (including phenoxy) is 2. The van der Waals surface area contributed by atoms with Gasteiger partial charge in [0.1, 0.15) is 11.5 Å². The molecule has 4 rings (SSSR count). The van der Waals surface area contributed by atoms with Crippen molar-refractivity contribution in [2.24, 2.45) is 0 Å². The normalized spacial score (nSPS) is 14.0. The molecule has 2 aromatic carbocycles. The summed E-state index contributed by atoms with van der Waals surface area (Å²) in [6.45, 7) is 6.12. The number of rotatable bonds is 6. The fourth-order valence-corrected chi connectivity index (χ4v) is 4.01. The molecule has 0 spiro atoms. The van der Waals surface area contributed by atoms with Crippen LogP contribution in [0.5, 0.6) is 11.5 Å². The molecule has 3 aromatic rings. The number of fused-ring (bicyclic) bond motifs is 1. The lowest BCUT2D eigenvalue weighted by Gasteiger charge is -2.27. The molecule has 0 fully saturated rings. The molecule has 1 N–H and O–H groups in total. The van der Waals surface area contributed by atoms with Crippen LogP contribution < -0.4 is 9.47 Å². The van der Waals surface area contributed by atoms with Crippen molar-refractivity contribution in [2.75, 3.05) is 26.3 Å². The maximum Gasteiger partial charge on any atom is 0.254 e. The molecule has 5 nitrogen and oxygen atoms in total. The van der Waals surface area contributed by atoms with Gasteiger partial charge in [-0.2, -0.15) is 0 Å². The van der Waals surface area contributed by atoms with Crippen LogP contribution in [0.25, 0.3) is 16.5 Å². The summed E-state index contributed by atoms with van der Waals surface area (Å²) in [5.74, 6) is 1.28. The standard InChI is InChI=1S/C24H25ClN2O3/c1-3-29-19-11-17(12-20(14-19)30-4-2)24(28)27-9-7-16(8-10-27)22-15-26-23-6-5-18(25)13-21(22)23/h5-7,11-15,26H,3-4,8-10H2,1-2H3. The summed E-state index contributed by atoms with van der Waals surface area (Å²) in [6.07, 6.45) is 4.93. The fraction of sp³-hybridized carbons (Fsp3) is 0.292. The Balaban J connectivity index is 1.55. The lowest BCUT2D eigenvalue weighted by Crippen LogP contribution is -2.34. The van der Waals surface area contributed by atoms with Crippen molar-refractivity contribution in [1.82, 2.24) is 9.88 Å². The average Bonchev–Trinajstić information content (AvgIpc) is 3.17. The Kier molecular flexibility index (Phi) is 6.00. The van der Waals surface area contributed by atoms with E-state index in [0.717, 1.165) is 27.9 Å². The molecule has 1 aliphatic rings. The molecule has 2 heterocycles. The molecular formula is C24H25ClN2O3. The highest BCUT2D eigenvalue weighted by atomic mass is 35.5. The van der Waals surface area contributed by atoms with Crippen molar-refractivity contribution >= 4 is 34.0 Å². The summed E-state index contributed by atoms with van der Waals surface area (Å²) in [4.78, 5) is 18.3. The summed E-state index contributed by atoms with van der Waals surface area (Å²) < 4.78 is 11.2. The lowest BCUT2D eigenvalue weighted by molar-refractivity contribution is 0.0772. The highest BCUT2D eigenvalue weighted by Crippen LogP contribution is 2.32. The number of halogens is 1. The van der Waals surface area contributed by atoms with Crippen LogP contribution in [0.4, 0.5) is 0 Å². The highest BCUT2D eigenvalue weighted by Gasteiger charge is 2.22. The molecule has 0 bridgehead atoms. The van der Waals surface area contributed by atoms with Crippen LogP contribution in [-0.2, 0) is 0 Å². The highest BCUT2D eigenvalue weighted by molar-refractivity contribution is 6.31. The second-order valence-electron chi connectivity index (χ2n) is 7.18. The Morgan fingerprint density at radius 1 is 1.10 bits per heavy atom. The van der Waals surface area contributed by atoms with Gasteiger partial charge in [-0.1, -0.05) is 17.7 Å². The first kappa shape index (κ1) is 20.4. The smallest absolute Gasteiger partial charge is 0.254 e. The molecule has 1 aliphatic heterocycles. The minimum Gasteiger partial charge on any atom is -0.494 e. The van der Waals surface area contributed by atoms with Crippen molar-refractivity contribution in [3.8, 4) is 11.5 Å². The number of hydrogen-bond acceptors (Lipinski definition) is 3. The van der Waals surface area contributed by atoms with E-state index in [0.29, 0.717) is 43.4 Å². The summed E-state index contributed by atoms with van der Waals surface area (Å²) in [5, 5.41) is 1.83. The van der Waals surface area contributed by atoms with E-state index in [1.54, 1.807) is 12.1 Å². The number of benzene rings is 2. The third-order valence-corrected chi connectivity index (χ3v) is 5.47. The van der Waals surface area contributed by atoms with Gasteiger partial charge in [-0.25, -0.2) is 0 Å². The summed E-state index contributed by atoms with van der Waals surface area (Å²) in [7, 11) is 0. The van der Waals surface area contributed by atoms with Gasteiger partial charge in [-0.15, -0.1) is 0 Å². The molecule has 0 aliphatic carbocycles. The van der Waals surface area contributed by atoms with Crippen LogP contribution in [0.1, 0.15) is 36.2 Å². The maximum absolute atomic E-state index is 13.1. The van der Waals surface area contributed by atoms with Crippen LogP contribution in [0.3, 0.4) is 0 Å². The molecule has 0 atom stereocenters. The van der Waals surface area contributed by atoms with Gasteiger partial charge < -0.3 is 19.4 Å². The molecule has 0 unspecified atom stereocenters. The van der Waals surface area contributed by atoms with Crippen molar-refractivity contribution in [3.05, 3.63) is 64.8 Å². The molecule has 0 saturated carbocycles. The minimum atomic E-state index is -0.0187. The van der Waals surface area contributed by atoms with Gasteiger partial charge in [0, 0.05) is 52.4 Å². The van der Waals surface area contributed by atoms with Crippen LogP contribution in [0, 0.1) is 0 Å². The number of carbonyl (C=O) groups is 1. The molecule has 0 radical (unpaired) electrons. The van der Waals surface area contributed by atoms with E-state index in [4.69, 9.17) is 21.1 Å². The molecule has 30 heavy (non-hydrogen) atoms. The van der Waals surface area contributed by atoms with E-state index in [9.17, 15) is 4.79 Å². The molecule has 1 amide bonds. The Morgan fingerprint density at radius 3 is 2.47 bits per heavy atom. The number of amides is 1. The molecular weight excluding hydrogens is 400 g/mol. The molecule has 0 saturated heterocycles. The van der Waals surface area contributed by atoms with E-state index in [1.165, 1.54) is 5.57 Å². The van der Waals surface area contributed by atoms with Gasteiger partial charge in [0.15, 0.2) is 0 Å². The zero-order chi connectivity index (χ0) is 21.1. The van der Waals surface area contributed by atoms with Gasteiger partial charge in [0.05, 0.1) is 13.2 Å². The second-order valence-corrected chi connectivity index (χ2v) is 7.62. The topological polar surface area (TPSA) is 54.6 Å². The average molecular weight is 425 g/mol. The zero-order valence-corrected chi connectivity index (χ0v) is 18.0. The Labute approximate surface area is 181 Å². The van der Waals surface area contributed by atoms with Crippen molar-refractivity contribution in [3.63, 3.8) is 0 Å². The van der Waals surface area contributed by atoms with E-state index in [-0.39, 0.29) is 5.91 Å². The number of nitrogens with zero attached hydrogens (tertiary/aromatic N) is 1. The Bertz CT molecular complexity index is 1080. The van der Waals surface area contributed by atoms with E-state index < -0.39 is 0 Å². The van der Waals surface area contributed by atoms with Crippen LogP contribution in [0.2, 0.25) is 5.02 Å². The maximum atomic E-state index is 13.1. The lowest BCUT2D eigenvalue weighted by atomic mass is 9.98. The van der Waals surface area contributed by atoms with Gasteiger partial charge in [0.2, 0.25) is 0 Å². The van der Waals surface area contributed by atoms with Crippen LogP contribution >= 0.6 is 11.6 Å². The Hall–Kier alpha value is -2.92. The summed E-state index contributed by atoms with van der Waals surface area (Å²) in [6, 6.07) is 11.2. The Morgan fingerprint density at radius 2 is 1.83 bits per heavy atom. The number of aromatic amines is 1. The van der Waals surface area contributed by atoms with Crippen molar-refractivity contribution in [2.45, 2.75) is 20.3 Å². The van der Waals surface area contributed by atoms with Gasteiger partial charge >= 0.3 is 0 Å². The van der Waals surface area contributed by atoms with Crippen molar-refractivity contribution < 1.29 is 14.3 Å². The van der Waals surface area contributed by atoms with Gasteiger partial charge in [-0.3, -0.25) is 4.79 Å². The molecule has 1 aromatic heterocycles. The predicted octanol–water partition coefficient (Wildman–Crippen LogP) is 5.55. The zero-order valence-electron chi connectivity index (χ0n) is 17.2. The monoisotopic (exact) mass is 424 g/mol. The fourth-order valence-electron chi connectivity index (χ4n) is 3.83. The number of nitrogens with one attached hydrogen (secondary N) is 1. The largest absolute Gasteiger partial charge is 0.494 e. The van der Waals surface area contributed by atoms with E-state index >= 15 is 0 Å². The summed E-state index contributed by atoms with van der Waals surface area (Å²) in [5.41, 5.74) is 4.02. The first-order valence-corrected chi connectivity index (χ1v) is 10.6. The SMILES string of the molecule is CCOc1cc(OCC)cc(C(=O)N2CC=C(c3c[nH]c4ccc(Cl)cc34)CC2)c1. The predicted molar refractivity (Wildman–Crippen MR) is 121 cm³/mol. The quantitative estimate of drug-likeness (QED) is 0.564. The molecule has 6 heteroatoms. The number of hydrogen-bond donors (Lipinski definition) is 1. The third-order valence-electron chi connectivity index (χ3n) is 5.24. The van der Waals surface area contributed by atoms with E-state index in [2.05, 4.69) is 11.1 Å². The third kappa shape index (κ3) is 4.17. The number of H-pyrrole nitrogens is 1. The first-order chi connectivity index (χ1) is 14.6. The number of carbonyl (C=O) groups excluding carboxylic acids is 1.